The van der Waals surface area contributed by atoms with Gasteiger partial charge in [0, 0.05) is 5.56 Å². The van der Waals surface area contributed by atoms with Gasteiger partial charge in [0.25, 0.3) is 5.91 Å². The molecule has 2 N–H and O–H groups in total. The minimum absolute atomic E-state index is 0.0470. The third-order valence-corrected chi connectivity index (χ3v) is 2.09. The summed E-state index contributed by atoms with van der Waals surface area (Å²) in [5.41, 5.74) is 0.983. The van der Waals surface area contributed by atoms with Crippen molar-refractivity contribution in [1.82, 2.24) is 5.32 Å². The first kappa shape index (κ1) is 12.0. The van der Waals surface area contributed by atoms with Crippen LogP contribution in [0.2, 0.25) is 0 Å². The van der Waals surface area contributed by atoms with Crippen LogP contribution < -0.4 is 5.32 Å². The maximum Gasteiger partial charge on any atom is 0.325 e. The number of esters is 1. The Kier molecular flexibility index (Phi) is 3.88. The van der Waals surface area contributed by atoms with Crippen molar-refractivity contribution in [3.8, 4) is 5.75 Å². The number of aromatic hydroxyl groups is 1. The summed E-state index contributed by atoms with van der Waals surface area (Å²) in [6.07, 6.45) is 0. The van der Waals surface area contributed by atoms with Gasteiger partial charge < -0.3 is 15.2 Å². The minimum Gasteiger partial charge on any atom is -0.508 e. The highest BCUT2D eigenvalue weighted by Gasteiger charge is 2.09. The maximum absolute atomic E-state index is 11.5. The molecule has 1 rings (SSSR count). The number of aryl methyl sites for hydroxylation is 1. The number of nitrogens with one attached hydrogen (secondary N) is 1. The zero-order valence-corrected chi connectivity index (χ0v) is 9.11. The van der Waals surface area contributed by atoms with Crippen LogP contribution in [0.3, 0.4) is 0 Å². The van der Waals surface area contributed by atoms with Crippen LogP contribution in [0.25, 0.3) is 0 Å². The van der Waals surface area contributed by atoms with E-state index in [0.717, 1.165) is 0 Å². The van der Waals surface area contributed by atoms with Crippen LogP contribution in [0.1, 0.15) is 15.9 Å². The van der Waals surface area contributed by atoms with E-state index >= 15 is 0 Å². The number of ether oxygens (including phenoxy) is 1. The van der Waals surface area contributed by atoms with E-state index in [1.807, 2.05) is 0 Å². The minimum atomic E-state index is -0.523. The van der Waals surface area contributed by atoms with Gasteiger partial charge in [-0.05, 0) is 24.6 Å². The molecule has 5 heteroatoms. The second kappa shape index (κ2) is 5.16. The van der Waals surface area contributed by atoms with Crippen molar-refractivity contribution < 1.29 is 19.4 Å². The van der Waals surface area contributed by atoms with Crippen molar-refractivity contribution in [3.63, 3.8) is 0 Å². The van der Waals surface area contributed by atoms with Crippen molar-refractivity contribution in [1.29, 1.82) is 0 Å². The Balaban J connectivity index is 2.66. The average molecular weight is 223 g/mol. The van der Waals surface area contributed by atoms with Crippen LogP contribution >= 0.6 is 0 Å². The number of methoxy groups -OCH3 is 1. The number of carbonyl (C=O) groups is 2. The zero-order chi connectivity index (χ0) is 12.1. The van der Waals surface area contributed by atoms with Crippen molar-refractivity contribution >= 4 is 11.9 Å². The molecule has 1 amide bonds. The normalized spacial score (nSPS) is 9.62. The lowest BCUT2D eigenvalue weighted by molar-refractivity contribution is -0.139. The first-order valence-electron chi connectivity index (χ1n) is 4.69. The van der Waals surface area contributed by atoms with Gasteiger partial charge >= 0.3 is 5.97 Å². The molecule has 0 aliphatic rings. The number of amides is 1. The first-order chi connectivity index (χ1) is 7.54. The van der Waals surface area contributed by atoms with Crippen LogP contribution in [-0.4, -0.2) is 30.6 Å². The molecule has 0 atom stereocenters. The van der Waals surface area contributed by atoms with E-state index in [0.29, 0.717) is 11.1 Å². The molecule has 86 valence electrons. The van der Waals surface area contributed by atoms with Crippen molar-refractivity contribution in [2.45, 2.75) is 6.92 Å². The van der Waals surface area contributed by atoms with Crippen LogP contribution in [0, 0.1) is 6.92 Å². The highest BCUT2D eigenvalue weighted by molar-refractivity contribution is 5.96. The number of hydrogen-bond donors (Lipinski definition) is 2. The molecular formula is C11H13NO4. The molecule has 0 aliphatic heterocycles. The molecule has 0 saturated carbocycles. The monoisotopic (exact) mass is 223 g/mol. The summed E-state index contributed by atoms with van der Waals surface area (Å²) in [5.74, 6) is -0.906. The predicted molar refractivity (Wildman–Crippen MR) is 57.2 cm³/mol. The molecule has 0 radical (unpaired) electrons. The first-order valence-corrected chi connectivity index (χ1v) is 4.69. The Morgan fingerprint density at radius 2 is 2.12 bits per heavy atom. The molecule has 0 fully saturated rings. The van der Waals surface area contributed by atoms with Crippen LogP contribution in [0.15, 0.2) is 18.2 Å². The molecule has 1 aromatic rings. The van der Waals surface area contributed by atoms with Gasteiger partial charge in [-0.3, -0.25) is 9.59 Å². The molecule has 0 spiro atoms. The number of phenolic OH excluding ortho intramolecular Hbond substituents is 1. The van der Waals surface area contributed by atoms with E-state index < -0.39 is 11.9 Å². The third kappa shape index (κ3) is 2.98. The van der Waals surface area contributed by atoms with Gasteiger partial charge in [0.2, 0.25) is 0 Å². The summed E-state index contributed by atoms with van der Waals surface area (Å²) in [6, 6.07) is 4.55. The lowest BCUT2D eigenvalue weighted by Gasteiger charge is -2.05. The van der Waals surface area contributed by atoms with Gasteiger partial charge in [-0.2, -0.15) is 0 Å². The van der Waals surface area contributed by atoms with Crippen LogP contribution in [0.4, 0.5) is 0 Å². The fourth-order valence-corrected chi connectivity index (χ4v) is 1.08. The Morgan fingerprint density at radius 3 is 2.69 bits per heavy atom. The van der Waals surface area contributed by atoms with E-state index in [4.69, 9.17) is 0 Å². The van der Waals surface area contributed by atoms with Gasteiger partial charge in [0.15, 0.2) is 0 Å². The molecule has 5 nitrogen and oxygen atoms in total. The second-order valence-electron chi connectivity index (χ2n) is 3.26. The summed E-state index contributed by atoms with van der Waals surface area (Å²) in [4.78, 5) is 22.3. The summed E-state index contributed by atoms with van der Waals surface area (Å²) >= 11 is 0. The van der Waals surface area contributed by atoms with E-state index in [9.17, 15) is 14.7 Å². The van der Waals surface area contributed by atoms with Gasteiger partial charge in [0.05, 0.1) is 7.11 Å². The third-order valence-electron chi connectivity index (χ3n) is 2.09. The fourth-order valence-electron chi connectivity index (χ4n) is 1.08. The molecule has 0 saturated heterocycles. The van der Waals surface area contributed by atoms with Gasteiger partial charge in [-0.1, -0.05) is 6.07 Å². The number of hydrogen-bond acceptors (Lipinski definition) is 4. The molecule has 0 unspecified atom stereocenters. The standard InChI is InChI=1S/C11H13NO4/c1-7-3-4-8(5-9(7)13)11(15)12-6-10(14)16-2/h3-5,13H,6H2,1-2H3,(H,12,15). The van der Waals surface area contributed by atoms with Crippen molar-refractivity contribution in [2.75, 3.05) is 13.7 Å². The summed E-state index contributed by atoms with van der Waals surface area (Å²) < 4.78 is 4.38. The largest absolute Gasteiger partial charge is 0.508 e. The molecule has 1 aromatic carbocycles. The number of benzene rings is 1. The Hall–Kier alpha value is -2.04. The molecule has 0 aromatic heterocycles. The SMILES string of the molecule is COC(=O)CNC(=O)c1ccc(C)c(O)c1. The van der Waals surface area contributed by atoms with Gasteiger partial charge in [-0.15, -0.1) is 0 Å². The van der Waals surface area contributed by atoms with Crippen LogP contribution in [0.5, 0.6) is 5.75 Å². The molecule has 0 aliphatic carbocycles. The molecule has 0 heterocycles. The van der Waals surface area contributed by atoms with E-state index in [2.05, 4.69) is 10.1 Å². The molecular weight excluding hydrogens is 210 g/mol. The topological polar surface area (TPSA) is 75.6 Å². The lowest BCUT2D eigenvalue weighted by Crippen LogP contribution is -2.30. The van der Waals surface area contributed by atoms with E-state index in [1.165, 1.54) is 13.2 Å². The summed E-state index contributed by atoms with van der Waals surface area (Å²) in [5, 5.41) is 11.8. The Morgan fingerprint density at radius 1 is 1.44 bits per heavy atom. The van der Waals surface area contributed by atoms with Crippen LogP contribution in [-0.2, 0) is 9.53 Å². The second-order valence-corrected chi connectivity index (χ2v) is 3.26. The average Bonchev–Trinajstić information content (AvgIpc) is 2.29. The van der Waals surface area contributed by atoms with Gasteiger partial charge in [0.1, 0.15) is 12.3 Å². The van der Waals surface area contributed by atoms with E-state index in [1.54, 1.807) is 19.1 Å². The zero-order valence-electron chi connectivity index (χ0n) is 9.11. The van der Waals surface area contributed by atoms with Crippen molar-refractivity contribution in [3.05, 3.63) is 29.3 Å². The summed E-state index contributed by atoms with van der Waals surface area (Å²) in [7, 11) is 1.24. The Bertz CT molecular complexity index is 414. The predicted octanol–water partition coefficient (Wildman–Crippen LogP) is 0.603. The van der Waals surface area contributed by atoms with Gasteiger partial charge in [-0.25, -0.2) is 0 Å². The Labute approximate surface area is 93.0 Å². The molecule has 16 heavy (non-hydrogen) atoms. The number of rotatable bonds is 3. The highest BCUT2D eigenvalue weighted by atomic mass is 16.5. The lowest BCUT2D eigenvalue weighted by atomic mass is 10.1. The maximum atomic E-state index is 11.5. The molecule has 0 bridgehead atoms. The van der Waals surface area contributed by atoms with Crippen molar-refractivity contribution in [2.24, 2.45) is 0 Å². The highest BCUT2D eigenvalue weighted by Crippen LogP contribution is 2.17. The van der Waals surface area contributed by atoms with E-state index in [-0.39, 0.29) is 12.3 Å². The fraction of sp³-hybridized carbons (Fsp3) is 0.273. The smallest absolute Gasteiger partial charge is 0.325 e. The quantitative estimate of drug-likeness (QED) is 0.736. The summed E-state index contributed by atoms with van der Waals surface area (Å²) in [6.45, 7) is 1.54. The number of phenols is 1. The number of carbonyl (C=O) groups excluding carboxylic acids is 2.